The van der Waals surface area contributed by atoms with Crippen LogP contribution in [-0.2, 0) is 20.9 Å². The van der Waals surface area contributed by atoms with Crippen LogP contribution in [0.3, 0.4) is 0 Å². The van der Waals surface area contributed by atoms with Gasteiger partial charge in [-0.1, -0.05) is 0 Å². The lowest BCUT2D eigenvalue weighted by Crippen LogP contribution is -2.44. The minimum Gasteiger partial charge on any atom is -0.480 e. The number of rotatable bonds is 7. The molecule has 0 aromatic carbocycles. The average Bonchev–Trinajstić information content (AvgIpc) is 2.37. The normalized spacial score (nSPS) is 11.6. The topological polar surface area (TPSA) is 164 Å². The van der Waals surface area contributed by atoms with Gasteiger partial charge in [0.1, 0.15) is 12.6 Å². The number of hydrogen-bond acceptors (Lipinski definition) is 5. The van der Waals surface area contributed by atoms with E-state index in [0.717, 1.165) is 16.8 Å². The fourth-order valence-electron chi connectivity index (χ4n) is 1.51. The van der Waals surface area contributed by atoms with Crippen LogP contribution >= 0.6 is 0 Å². The molecule has 0 radical (unpaired) electrons. The quantitative estimate of drug-likeness (QED) is 0.430. The van der Waals surface area contributed by atoms with E-state index in [-0.39, 0.29) is 12.8 Å². The number of carbonyl (C=O) groups excluding carboxylic acids is 2. The van der Waals surface area contributed by atoms with E-state index in [2.05, 4.69) is 5.32 Å². The summed E-state index contributed by atoms with van der Waals surface area (Å²) in [5, 5.41) is 11.1. The molecule has 0 aliphatic rings. The molecule has 1 aromatic rings. The van der Waals surface area contributed by atoms with Gasteiger partial charge in [0.2, 0.25) is 11.8 Å². The van der Waals surface area contributed by atoms with Crippen molar-refractivity contribution in [3.8, 4) is 0 Å². The number of aromatic nitrogens is 2. The van der Waals surface area contributed by atoms with Crippen molar-refractivity contribution in [1.82, 2.24) is 14.9 Å². The summed E-state index contributed by atoms with van der Waals surface area (Å²) in [6.07, 6.45) is 0.757. The Morgan fingerprint density at radius 3 is 2.57 bits per heavy atom. The zero-order chi connectivity index (χ0) is 16.0. The lowest BCUT2D eigenvalue weighted by molar-refractivity contribution is -0.142. The van der Waals surface area contributed by atoms with Crippen molar-refractivity contribution in [3.63, 3.8) is 0 Å². The number of amides is 2. The molecule has 114 valence electrons. The van der Waals surface area contributed by atoms with Crippen LogP contribution in [0, 0.1) is 0 Å². The van der Waals surface area contributed by atoms with Gasteiger partial charge in [-0.05, 0) is 6.42 Å². The van der Waals surface area contributed by atoms with Crippen LogP contribution in [0.4, 0.5) is 0 Å². The Balaban J connectivity index is 2.69. The summed E-state index contributed by atoms with van der Waals surface area (Å²) in [6.45, 7) is -0.462. The first-order valence-corrected chi connectivity index (χ1v) is 5.90. The number of carbonyl (C=O) groups is 3. The lowest BCUT2D eigenvalue weighted by Gasteiger charge is -2.14. The highest BCUT2D eigenvalue weighted by Crippen LogP contribution is 1.97. The Bertz CT molecular complexity index is 661. The highest BCUT2D eigenvalue weighted by molar-refractivity contribution is 5.84. The highest BCUT2D eigenvalue weighted by Gasteiger charge is 2.20. The van der Waals surface area contributed by atoms with E-state index in [0.29, 0.717) is 0 Å². The van der Waals surface area contributed by atoms with Gasteiger partial charge in [-0.2, -0.15) is 0 Å². The van der Waals surface area contributed by atoms with E-state index < -0.39 is 41.6 Å². The number of hydrogen-bond donors (Lipinski definition) is 4. The smallest absolute Gasteiger partial charge is 0.328 e. The molecule has 0 fully saturated rings. The third-order valence-corrected chi connectivity index (χ3v) is 2.52. The van der Waals surface area contributed by atoms with E-state index in [4.69, 9.17) is 10.8 Å². The predicted octanol–water partition coefficient (Wildman–Crippen LogP) is -2.63. The van der Waals surface area contributed by atoms with Gasteiger partial charge in [-0.25, -0.2) is 9.59 Å². The molecular weight excluding hydrogens is 284 g/mol. The Morgan fingerprint density at radius 1 is 1.38 bits per heavy atom. The molecule has 0 saturated carbocycles. The summed E-state index contributed by atoms with van der Waals surface area (Å²) >= 11 is 0. The van der Waals surface area contributed by atoms with Crippen LogP contribution in [0.2, 0.25) is 0 Å². The summed E-state index contributed by atoms with van der Waals surface area (Å²) in [7, 11) is 0. The van der Waals surface area contributed by atoms with Gasteiger partial charge in [0.25, 0.3) is 5.56 Å². The van der Waals surface area contributed by atoms with E-state index in [1.165, 1.54) is 0 Å². The van der Waals surface area contributed by atoms with Crippen molar-refractivity contribution in [3.05, 3.63) is 33.1 Å². The van der Waals surface area contributed by atoms with Crippen LogP contribution in [0.1, 0.15) is 12.8 Å². The second kappa shape index (κ2) is 7.03. The summed E-state index contributed by atoms with van der Waals surface area (Å²) in [5.74, 6) is -2.76. The van der Waals surface area contributed by atoms with Crippen molar-refractivity contribution in [2.75, 3.05) is 0 Å². The number of carboxylic acid groups (broad SMARTS) is 1. The van der Waals surface area contributed by atoms with Crippen molar-refractivity contribution >= 4 is 17.8 Å². The van der Waals surface area contributed by atoms with Crippen LogP contribution in [-0.4, -0.2) is 38.5 Å². The maximum atomic E-state index is 11.7. The number of primary amides is 1. The van der Waals surface area contributed by atoms with Crippen molar-refractivity contribution in [2.45, 2.75) is 25.4 Å². The Labute approximate surface area is 117 Å². The molecule has 2 amide bonds. The van der Waals surface area contributed by atoms with Crippen LogP contribution in [0.25, 0.3) is 0 Å². The zero-order valence-corrected chi connectivity index (χ0v) is 10.9. The second-order valence-corrected chi connectivity index (χ2v) is 4.20. The molecule has 1 atom stereocenters. The number of H-pyrrole nitrogens is 1. The molecule has 1 aromatic heterocycles. The van der Waals surface area contributed by atoms with E-state index in [9.17, 15) is 24.0 Å². The average molecular weight is 298 g/mol. The van der Waals surface area contributed by atoms with Gasteiger partial charge in [0, 0.05) is 18.7 Å². The number of nitrogens with one attached hydrogen (secondary N) is 2. The first kappa shape index (κ1) is 16.1. The Hall–Kier alpha value is -2.91. The zero-order valence-electron chi connectivity index (χ0n) is 10.9. The third kappa shape index (κ3) is 5.30. The fourth-order valence-corrected chi connectivity index (χ4v) is 1.51. The van der Waals surface area contributed by atoms with Gasteiger partial charge in [0.15, 0.2) is 0 Å². The van der Waals surface area contributed by atoms with Gasteiger partial charge in [-0.15, -0.1) is 0 Å². The fraction of sp³-hybridized carbons (Fsp3) is 0.364. The number of carboxylic acids is 1. The van der Waals surface area contributed by atoms with Gasteiger partial charge < -0.3 is 16.2 Å². The minimum absolute atomic E-state index is 0.156. The molecule has 1 rings (SSSR count). The Morgan fingerprint density at radius 2 is 2.05 bits per heavy atom. The number of aromatic amines is 1. The maximum absolute atomic E-state index is 11.7. The SMILES string of the molecule is NC(=O)CC[C@H](NC(=O)Cn1ccc(=O)[nH]c1=O)C(=O)O. The van der Waals surface area contributed by atoms with Crippen molar-refractivity contribution in [1.29, 1.82) is 0 Å². The summed E-state index contributed by atoms with van der Waals surface area (Å²) in [6, 6.07) is -0.236. The summed E-state index contributed by atoms with van der Waals surface area (Å²) in [5.41, 5.74) is 3.51. The van der Waals surface area contributed by atoms with E-state index in [1.54, 1.807) is 0 Å². The maximum Gasteiger partial charge on any atom is 0.328 e. The minimum atomic E-state index is -1.32. The largest absolute Gasteiger partial charge is 0.480 e. The summed E-state index contributed by atoms with van der Waals surface area (Å²) in [4.78, 5) is 57.4. The molecule has 0 spiro atoms. The standard InChI is InChI=1S/C11H14N4O6/c12-7(16)2-1-6(10(19)20)13-9(18)5-15-4-3-8(17)14-11(15)21/h3-4,6H,1-2,5H2,(H2,12,16)(H,13,18)(H,19,20)(H,14,17,21)/t6-/m0/s1. The number of nitrogens with zero attached hydrogens (tertiary/aromatic N) is 1. The molecule has 10 heteroatoms. The van der Waals surface area contributed by atoms with Crippen LogP contribution in [0.5, 0.6) is 0 Å². The molecule has 0 bridgehead atoms. The predicted molar refractivity (Wildman–Crippen MR) is 69.3 cm³/mol. The lowest BCUT2D eigenvalue weighted by atomic mass is 10.1. The number of aliphatic carboxylic acids is 1. The van der Waals surface area contributed by atoms with Crippen molar-refractivity contribution in [2.24, 2.45) is 5.73 Å². The number of nitrogens with two attached hydrogens (primary N) is 1. The van der Waals surface area contributed by atoms with Crippen molar-refractivity contribution < 1.29 is 19.5 Å². The highest BCUT2D eigenvalue weighted by atomic mass is 16.4. The second-order valence-electron chi connectivity index (χ2n) is 4.20. The Kier molecular flexibility index (Phi) is 5.40. The van der Waals surface area contributed by atoms with Crippen LogP contribution < -0.4 is 22.3 Å². The van der Waals surface area contributed by atoms with Gasteiger partial charge in [0.05, 0.1) is 0 Å². The third-order valence-electron chi connectivity index (χ3n) is 2.52. The van der Waals surface area contributed by atoms with Gasteiger partial charge in [-0.3, -0.25) is 23.9 Å². The first-order valence-electron chi connectivity index (χ1n) is 5.90. The molecule has 0 saturated heterocycles. The molecule has 0 unspecified atom stereocenters. The molecule has 1 heterocycles. The van der Waals surface area contributed by atoms with Gasteiger partial charge >= 0.3 is 11.7 Å². The monoisotopic (exact) mass is 298 g/mol. The van der Waals surface area contributed by atoms with E-state index in [1.807, 2.05) is 4.98 Å². The molecule has 5 N–H and O–H groups in total. The molecule has 10 nitrogen and oxygen atoms in total. The molecule has 21 heavy (non-hydrogen) atoms. The summed E-state index contributed by atoms with van der Waals surface area (Å²) < 4.78 is 0.906. The first-order chi connectivity index (χ1) is 9.79. The van der Waals surface area contributed by atoms with E-state index >= 15 is 0 Å². The van der Waals surface area contributed by atoms with Crippen LogP contribution in [0.15, 0.2) is 21.9 Å². The molecule has 0 aliphatic carbocycles. The molecular formula is C11H14N4O6. The molecule has 0 aliphatic heterocycles.